The molecule has 2 aromatic carbocycles. The number of amides is 2. The highest BCUT2D eigenvalue weighted by molar-refractivity contribution is 5.95. The summed E-state index contributed by atoms with van der Waals surface area (Å²) < 4.78 is 39.8. The van der Waals surface area contributed by atoms with E-state index in [2.05, 4.69) is 10.6 Å². The van der Waals surface area contributed by atoms with E-state index in [1.807, 2.05) is 0 Å². The number of likely N-dealkylation sites (N-methyl/N-ethyl adjacent to an activating group) is 1. The molecule has 0 aromatic heterocycles. The van der Waals surface area contributed by atoms with Crippen molar-refractivity contribution in [1.29, 1.82) is 0 Å². The van der Waals surface area contributed by atoms with Gasteiger partial charge >= 0.3 is 0 Å². The van der Waals surface area contributed by atoms with Crippen molar-refractivity contribution in [3.8, 4) is 0 Å². The molecule has 136 valence electrons. The molecule has 1 fully saturated rings. The van der Waals surface area contributed by atoms with E-state index in [1.54, 1.807) is 0 Å². The normalized spacial score (nSPS) is 15.8. The number of nitrogens with one attached hydrogen (secondary N) is 2. The lowest BCUT2D eigenvalue weighted by Crippen LogP contribution is -2.43. The average molecular weight is 362 g/mol. The smallest absolute Gasteiger partial charge is 0.246 e. The largest absolute Gasteiger partial charge is 0.357 e. The maximum absolute atomic E-state index is 13.5. The molecule has 1 aliphatic carbocycles. The Balaban J connectivity index is 1.87. The van der Waals surface area contributed by atoms with Gasteiger partial charge in [0.05, 0.1) is 5.41 Å². The molecule has 3 rings (SSSR count). The van der Waals surface area contributed by atoms with Gasteiger partial charge in [0, 0.05) is 7.05 Å². The number of hydrogen-bond donors (Lipinski definition) is 2. The Bertz CT molecular complexity index is 848. The zero-order chi connectivity index (χ0) is 18.9. The molecule has 0 unspecified atom stereocenters. The van der Waals surface area contributed by atoms with Crippen molar-refractivity contribution in [1.82, 2.24) is 10.6 Å². The molecule has 0 heterocycles. The molecular weight excluding hydrogens is 345 g/mol. The van der Waals surface area contributed by atoms with Gasteiger partial charge in [-0.15, -0.1) is 0 Å². The number of halogens is 3. The molecule has 0 aliphatic heterocycles. The maximum atomic E-state index is 13.5. The van der Waals surface area contributed by atoms with Crippen LogP contribution in [0.2, 0.25) is 0 Å². The van der Waals surface area contributed by atoms with Gasteiger partial charge in [-0.2, -0.15) is 0 Å². The molecule has 1 atom stereocenters. The molecule has 0 saturated heterocycles. The molecule has 4 nitrogen and oxygen atoms in total. The first-order chi connectivity index (χ1) is 12.4. The fraction of sp³-hybridized carbons (Fsp3) is 0.263. The Hall–Kier alpha value is -2.83. The molecule has 0 radical (unpaired) electrons. The highest BCUT2D eigenvalue weighted by atomic mass is 19.2. The summed E-state index contributed by atoms with van der Waals surface area (Å²) >= 11 is 0. The van der Waals surface area contributed by atoms with Crippen LogP contribution < -0.4 is 10.6 Å². The van der Waals surface area contributed by atoms with Crippen molar-refractivity contribution in [3.05, 3.63) is 71.0 Å². The molecule has 1 aliphatic rings. The number of benzene rings is 2. The second-order valence-electron chi connectivity index (χ2n) is 6.28. The van der Waals surface area contributed by atoms with Crippen molar-refractivity contribution in [2.75, 3.05) is 7.05 Å². The zero-order valence-corrected chi connectivity index (χ0v) is 14.0. The van der Waals surface area contributed by atoms with Crippen molar-refractivity contribution >= 4 is 11.8 Å². The van der Waals surface area contributed by atoms with Gasteiger partial charge in [-0.25, -0.2) is 13.2 Å². The van der Waals surface area contributed by atoms with Crippen LogP contribution in [0.5, 0.6) is 0 Å². The van der Waals surface area contributed by atoms with Gasteiger partial charge in [0.25, 0.3) is 0 Å². The Labute approximate surface area is 148 Å². The quantitative estimate of drug-likeness (QED) is 0.859. The summed E-state index contributed by atoms with van der Waals surface area (Å²) in [6.07, 6.45) is 1.12. The third kappa shape index (κ3) is 3.29. The molecule has 2 aromatic rings. The van der Waals surface area contributed by atoms with Crippen LogP contribution in [-0.4, -0.2) is 18.9 Å². The highest BCUT2D eigenvalue weighted by Gasteiger charge is 2.52. The van der Waals surface area contributed by atoms with Gasteiger partial charge in [-0.05, 0) is 48.2 Å². The standard InChI is InChI=1S/C19H17F3N2O2/c1-23-17(25)16(11-2-7-14(21)15(22)10-11)24-18(26)19(8-9-19)12-3-5-13(20)6-4-12/h2-7,10,16H,8-9H2,1H3,(H,23,25)(H,24,26)/t16-/m0/s1. The lowest BCUT2D eigenvalue weighted by atomic mass is 9.94. The Kier molecular flexibility index (Phi) is 4.71. The van der Waals surface area contributed by atoms with E-state index in [1.165, 1.54) is 37.4 Å². The summed E-state index contributed by atoms with van der Waals surface area (Å²) in [4.78, 5) is 25.0. The van der Waals surface area contributed by atoms with E-state index < -0.39 is 40.7 Å². The Morgan fingerprint density at radius 3 is 2.19 bits per heavy atom. The Morgan fingerprint density at radius 2 is 1.65 bits per heavy atom. The number of rotatable bonds is 5. The van der Waals surface area contributed by atoms with E-state index in [4.69, 9.17) is 0 Å². The number of carbonyl (C=O) groups is 2. The topological polar surface area (TPSA) is 58.2 Å². The van der Waals surface area contributed by atoms with Crippen molar-refractivity contribution in [2.45, 2.75) is 24.3 Å². The van der Waals surface area contributed by atoms with E-state index in [-0.39, 0.29) is 5.56 Å². The second kappa shape index (κ2) is 6.82. The van der Waals surface area contributed by atoms with Crippen molar-refractivity contribution in [3.63, 3.8) is 0 Å². The van der Waals surface area contributed by atoms with Crippen LogP contribution in [0, 0.1) is 17.5 Å². The summed E-state index contributed by atoms with van der Waals surface area (Å²) in [6.45, 7) is 0. The minimum absolute atomic E-state index is 0.131. The summed E-state index contributed by atoms with van der Waals surface area (Å²) in [7, 11) is 1.38. The van der Waals surface area contributed by atoms with Gasteiger partial charge in [0.15, 0.2) is 11.6 Å². The fourth-order valence-corrected chi connectivity index (χ4v) is 2.95. The first-order valence-corrected chi connectivity index (χ1v) is 8.11. The van der Waals surface area contributed by atoms with Crippen LogP contribution in [0.15, 0.2) is 42.5 Å². The fourth-order valence-electron chi connectivity index (χ4n) is 2.95. The van der Waals surface area contributed by atoms with E-state index in [9.17, 15) is 22.8 Å². The van der Waals surface area contributed by atoms with Crippen LogP contribution >= 0.6 is 0 Å². The third-order valence-corrected chi connectivity index (χ3v) is 4.64. The maximum Gasteiger partial charge on any atom is 0.246 e. The molecule has 26 heavy (non-hydrogen) atoms. The third-order valence-electron chi connectivity index (χ3n) is 4.64. The predicted octanol–water partition coefficient (Wildman–Crippen LogP) is 2.74. The number of carbonyl (C=O) groups excluding carboxylic acids is 2. The molecule has 1 saturated carbocycles. The molecule has 2 N–H and O–H groups in total. The molecule has 2 amide bonds. The van der Waals surface area contributed by atoms with Gasteiger partial charge in [-0.1, -0.05) is 18.2 Å². The van der Waals surface area contributed by atoms with Crippen LogP contribution in [0.1, 0.15) is 30.0 Å². The molecule has 0 spiro atoms. The van der Waals surface area contributed by atoms with Crippen LogP contribution in [-0.2, 0) is 15.0 Å². The SMILES string of the molecule is CNC(=O)[C@@H](NC(=O)C1(c2ccc(F)cc2)CC1)c1ccc(F)c(F)c1. The molecule has 7 heteroatoms. The van der Waals surface area contributed by atoms with Crippen molar-refractivity contribution in [2.24, 2.45) is 0 Å². The van der Waals surface area contributed by atoms with Gasteiger partial charge < -0.3 is 10.6 Å². The van der Waals surface area contributed by atoms with E-state index >= 15 is 0 Å². The minimum atomic E-state index is -1.17. The van der Waals surface area contributed by atoms with Gasteiger partial charge in [-0.3, -0.25) is 9.59 Å². The zero-order valence-electron chi connectivity index (χ0n) is 14.0. The van der Waals surface area contributed by atoms with E-state index in [0.717, 1.165) is 12.1 Å². The van der Waals surface area contributed by atoms with Gasteiger partial charge in [0.1, 0.15) is 11.9 Å². The van der Waals surface area contributed by atoms with Crippen LogP contribution in [0.3, 0.4) is 0 Å². The first-order valence-electron chi connectivity index (χ1n) is 8.11. The summed E-state index contributed by atoms with van der Waals surface area (Å²) in [5, 5.41) is 5.02. The monoisotopic (exact) mass is 362 g/mol. The number of hydrogen-bond acceptors (Lipinski definition) is 2. The second-order valence-corrected chi connectivity index (χ2v) is 6.28. The van der Waals surface area contributed by atoms with E-state index in [0.29, 0.717) is 18.4 Å². The lowest BCUT2D eigenvalue weighted by Gasteiger charge is -2.22. The lowest BCUT2D eigenvalue weighted by molar-refractivity contribution is -0.130. The first kappa shape index (κ1) is 18.0. The van der Waals surface area contributed by atoms with Crippen molar-refractivity contribution < 1.29 is 22.8 Å². The predicted molar refractivity (Wildman–Crippen MR) is 88.6 cm³/mol. The van der Waals surface area contributed by atoms with Crippen LogP contribution in [0.4, 0.5) is 13.2 Å². The van der Waals surface area contributed by atoms with Gasteiger partial charge in [0.2, 0.25) is 11.8 Å². The summed E-state index contributed by atoms with van der Waals surface area (Å²) in [5.41, 5.74) is -0.0534. The minimum Gasteiger partial charge on any atom is -0.357 e. The average Bonchev–Trinajstić information content (AvgIpc) is 3.44. The Morgan fingerprint density at radius 1 is 1.00 bits per heavy atom. The summed E-state index contributed by atoms with van der Waals surface area (Å²) in [6, 6.07) is 7.48. The summed E-state index contributed by atoms with van der Waals surface area (Å²) in [5.74, 6) is -3.53. The van der Waals surface area contributed by atoms with Crippen LogP contribution in [0.25, 0.3) is 0 Å². The molecular formula is C19H17F3N2O2. The molecule has 0 bridgehead atoms. The highest BCUT2D eigenvalue weighted by Crippen LogP contribution is 2.48.